The number of carbonyl (C=O) groups excluding carboxylic acids is 2. The van der Waals surface area contributed by atoms with Crippen molar-refractivity contribution in [1.82, 2.24) is 9.78 Å². The Morgan fingerprint density at radius 2 is 1.70 bits per heavy atom. The van der Waals surface area contributed by atoms with Crippen LogP contribution >= 0.6 is 0 Å². The van der Waals surface area contributed by atoms with Crippen LogP contribution in [0.1, 0.15) is 82.6 Å². The minimum absolute atomic E-state index is 0.0363. The van der Waals surface area contributed by atoms with Gasteiger partial charge in [0.1, 0.15) is 23.2 Å². The molecule has 0 saturated heterocycles. The van der Waals surface area contributed by atoms with Gasteiger partial charge in [-0.1, -0.05) is 71.9 Å². The Morgan fingerprint density at radius 1 is 1.07 bits per heavy atom. The van der Waals surface area contributed by atoms with Gasteiger partial charge in [-0.15, -0.1) is 0 Å². The van der Waals surface area contributed by atoms with Crippen molar-refractivity contribution >= 4 is 17.4 Å². The maximum absolute atomic E-state index is 12.5. The Hall–Kier alpha value is -3.91. The van der Waals surface area contributed by atoms with Gasteiger partial charge in [-0.25, -0.2) is 9.48 Å². The number of allylic oxidation sites excluding steroid dienone is 6. The fourth-order valence-electron chi connectivity index (χ4n) is 4.02. The molecule has 0 fully saturated rings. The number of methoxy groups -OCH3 is 2. The zero-order valence-electron chi connectivity index (χ0n) is 27.7. The van der Waals surface area contributed by atoms with E-state index in [9.17, 15) is 9.59 Å². The average molecular weight is 594 g/mol. The third-order valence-electron chi connectivity index (χ3n) is 6.93. The summed E-state index contributed by atoms with van der Waals surface area (Å²) in [4.78, 5) is 24.0. The van der Waals surface area contributed by atoms with Gasteiger partial charge in [-0.2, -0.15) is 5.10 Å². The maximum atomic E-state index is 12.5. The number of aryl methyl sites for hydroxylation is 2. The van der Waals surface area contributed by atoms with Crippen molar-refractivity contribution in [2.24, 2.45) is 17.6 Å². The second-order valence-corrected chi connectivity index (χ2v) is 10.4. The molecule has 1 aliphatic carbocycles. The van der Waals surface area contributed by atoms with Crippen LogP contribution < -0.4 is 10.5 Å². The van der Waals surface area contributed by atoms with Gasteiger partial charge >= 0.3 is 5.97 Å². The monoisotopic (exact) mass is 593 g/mol. The van der Waals surface area contributed by atoms with Crippen LogP contribution in [0, 0.1) is 25.7 Å². The van der Waals surface area contributed by atoms with E-state index in [0.717, 1.165) is 47.5 Å². The van der Waals surface area contributed by atoms with E-state index in [1.54, 1.807) is 32.4 Å². The lowest BCUT2D eigenvalue weighted by Gasteiger charge is -2.20. The summed E-state index contributed by atoms with van der Waals surface area (Å²) >= 11 is 0. The van der Waals surface area contributed by atoms with Crippen LogP contribution in [0.3, 0.4) is 0 Å². The predicted octanol–water partition coefficient (Wildman–Crippen LogP) is 7.58. The summed E-state index contributed by atoms with van der Waals surface area (Å²) in [6, 6.07) is 8.60. The van der Waals surface area contributed by atoms with Gasteiger partial charge in [0.2, 0.25) is 0 Å². The van der Waals surface area contributed by atoms with Crippen LogP contribution in [0.2, 0.25) is 0 Å². The lowest BCUT2D eigenvalue weighted by molar-refractivity contribution is -0.136. The maximum Gasteiger partial charge on any atom is 0.328 e. The van der Waals surface area contributed by atoms with Gasteiger partial charge < -0.3 is 19.9 Å². The summed E-state index contributed by atoms with van der Waals surface area (Å²) in [6.45, 7) is 19.5. The molecule has 43 heavy (non-hydrogen) atoms. The highest BCUT2D eigenvalue weighted by Gasteiger charge is 2.23. The van der Waals surface area contributed by atoms with Gasteiger partial charge in [0.15, 0.2) is 11.5 Å². The van der Waals surface area contributed by atoms with Crippen LogP contribution in [0.15, 0.2) is 72.2 Å². The zero-order chi connectivity index (χ0) is 32.7. The van der Waals surface area contributed by atoms with Crippen molar-refractivity contribution in [2.45, 2.75) is 80.7 Å². The van der Waals surface area contributed by atoms with E-state index in [1.807, 2.05) is 90.4 Å². The first-order valence-electron chi connectivity index (χ1n) is 15.0. The van der Waals surface area contributed by atoms with Crippen LogP contribution in [0.4, 0.5) is 0 Å². The summed E-state index contributed by atoms with van der Waals surface area (Å²) in [5, 5.41) is 4.59. The molecule has 1 heterocycles. The van der Waals surface area contributed by atoms with E-state index in [4.69, 9.17) is 19.9 Å². The van der Waals surface area contributed by atoms with Gasteiger partial charge in [-0.3, -0.25) is 4.79 Å². The fourth-order valence-corrected chi connectivity index (χ4v) is 4.02. The number of aromatic nitrogens is 2. The summed E-state index contributed by atoms with van der Waals surface area (Å²) in [5.74, 6) is 1.83. The summed E-state index contributed by atoms with van der Waals surface area (Å²) < 4.78 is 17.8. The van der Waals surface area contributed by atoms with E-state index >= 15 is 0 Å². The highest BCUT2D eigenvalue weighted by atomic mass is 16.5. The highest BCUT2D eigenvalue weighted by Crippen LogP contribution is 2.32. The second kappa shape index (κ2) is 18.6. The summed E-state index contributed by atoms with van der Waals surface area (Å²) in [5.41, 5.74) is 10.2. The standard InChI is InChI=1S/C21H28N2O3.C12H17NO2.C2H6/c1-7-9-18(16-10-11-19(25-5)20(13-16)26-6)23-15(4)12-17(22-23)21(24)14(3)8-2;1-8(2)11(13)12(14)15-10-6-4-9(3)5-7-10;1-2/h7,9,12-14H,1,8,10-11H2,2-6H3;4-8,11H,13H2,1-3H3;1-2H3/b18-9-;;. The number of rotatable bonds is 11. The number of hydrogen-bond acceptors (Lipinski definition) is 7. The molecule has 0 saturated carbocycles. The van der Waals surface area contributed by atoms with Crippen molar-refractivity contribution in [3.8, 4) is 5.75 Å². The number of Topliss-reactive ketones (excluding diaryl/α,β-unsaturated/α-hetero) is 1. The Labute approximate surface area is 258 Å². The lowest BCUT2D eigenvalue weighted by atomic mass is 9.99. The molecule has 236 valence electrons. The van der Waals surface area contributed by atoms with Crippen LogP contribution in [-0.2, 0) is 14.3 Å². The number of benzene rings is 1. The number of hydrogen-bond donors (Lipinski definition) is 1. The molecule has 1 aromatic carbocycles. The van der Waals surface area contributed by atoms with Crippen molar-refractivity contribution in [3.05, 3.63) is 89.2 Å². The Morgan fingerprint density at radius 3 is 2.21 bits per heavy atom. The molecule has 0 spiro atoms. The second-order valence-electron chi connectivity index (χ2n) is 10.4. The lowest BCUT2D eigenvalue weighted by Crippen LogP contribution is -2.38. The molecule has 1 aliphatic rings. The molecular weight excluding hydrogens is 542 g/mol. The summed E-state index contributed by atoms with van der Waals surface area (Å²) in [6.07, 6.45) is 7.95. The molecule has 8 nitrogen and oxygen atoms in total. The molecule has 0 amide bonds. The first-order valence-corrected chi connectivity index (χ1v) is 15.0. The number of ether oxygens (including phenoxy) is 3. The van der Waals surface area contributed by atoms with Gasteiger partial charge in [-0.05, 0) is 68.5 Å². The van der Waals surface area contributed by atoms with E-state index in [0.29, 0.717) is 17.2 Å². The first kappa shape index (κ1) is 37.1. The van der Waals surface area contributed by atoms with E-state index in [-0.39, 0.29) is 23.6 Å². The first-order chi connectivity index (χ1) is 20.5. The number of esters is 1. The SMILES string of the molecule is C=C/C=C(/C1=CC(OC)=C(OC)CC1)n1nc(C(=O)C(C)CC)cc1C.CC.Cc1ccc(OC(=O)C(N)C(C)C)cc1. The van der Waals surface area contributed by atoms with Gasteiger partial charge in [0, 0.05) is 18.0 Å². The smallest absolute Gasteiger partial charge is 0.328 e. The molecule has 0 radical (unpaired) electrons. The minimum Gasteiger partial charge on any atom is -0.497 e. The van der Waals surface area contributed by atoms with Crippen LogP contribution in [-0.4, -0.2) is 41.8 Å². The molecule has 8 heteroatoms. The van der Waals surface area contributed by atoms with Crippen molar-refractivity contribution in [3.63, 3.8) is 0 Å². The van der Waals surface area contributed by atoms with Crippen molar-refractivity contribution in [1.29, 1.82) is 0 Å². The number of carbonyl (C=O) groups is 2. The third-order valence-corrected chi connectivity index (χ3v) is 6.93. The summed E-state index contributed by atoms with van der Waals surface area (Å²) in [7, 11) is 3.28. The fraction of sp³-hybridized carbons (Fsp3) is 0.457. The number of ketones is 1. The van der Waals surface area contributed by atoms with Crippen LogP contribution in [0.25, 0.3) is 5.70 Å². The largest absolute Gasteiger partial charge is 0.497 e. The molecular formula is C35H51N3O5. The molecule has 0 bridgehead atoms. The quantitative estimate of drug-likeness (QED) is 0.124. The highest BCUT2D eigenvalue weighted by molar-refractivity contribution is 5.96. The number of nitrogens with zero attached hydrogens (tertiary/aromatic N) is 2. The Bertz CT molecular complexity index is 1300. The zero-order valence-corrected chi connectivity index (χ0v) is 27.7. The van der Waals surface area contributed by atoms with E-state index < -0.39 is 6.04 Å². The molecule has 2 atom stereocenters. The van der Waals surface area contributed by atoms with Crippen molar-refractivity contribution < 1.29 is 23.8 Å². The Kier molecular flexibility index (Phi) is 16.0. The van der Waals surface area contributed by atoms with Gasteiger partial charge in [0.25, 0.3) is 0 Å². The van der Waals surface area contributed by atoms with E-state index in [2.05, 4.69) is 11.7 Å². The molecule has 2 aromatic rings. The third kappa shape index (κ3) is 10.7. The molecule has 1 aromatic heterocycles. The molecule has 3 rings (SSSR count). The number of nitrogens with two attached hydrogens (primary N) is 1. The van der Waals surface area contributed by atoms with Crippen molar-refractivity contribution in [2.75, 3.05) is 14.2 Å². The normalized spacial score (nSPS) is 14.3. The average Bonchev–Trinajstić information content (AvgIpc) is 3.41. The minimum atomic E-state index is -0.564. The predicted molar refractivity (Wildman–Crippen MR) is 175 cm³/mol. The molecule has 2 N–H and O–H groups in total. The van der Waals surface area contributed by atoms with Gasteiger partial charge in [0.05, 0.1) is 19.9 Å². The topological polar surface area (TPSA) is 106 Å². The molecule has 2 unspecified atom stereocenters. The molecule has 0 aliphatic heterocycles. The van der Waals surface area contributed by atoms with Crippen LogP contribution in [0.5, 0.6) is 5.75 Å². The van der Waals surface area contributed by atoms with E-state index in [1.165, 1.54) is 0 Å². The Balaban J connectivity index is 0.000000462.